The molecular weight excluding hydrogens is 611 g/mol. The summed E-state index contributed by atoms with van der Waals surface area (Å²) in [5.41, 5.74) is 8.99. The lowest BCUT2D eigenvalue weighted by Gasteiger charge is -2.16. The van der Waals surface area contributed by atoms with E-state index >= 15 is 0 Å². The van der Waals surface area contributed by atoms with E-state index < -0.39 is 0 Å². The Bertz CT molecular complexity index is 2810. The largest absolute Gasteiger partial charge is 0.248 e. The van der Waals surface area contributed by atoms with Crippen LogP contribution in [0.1, 0.15) is 0 Å². The highest BCUT2D eigenvalue weighted by Crippen LogP contribution is 2.43. The molecule has 10 rings (SSSR count). The van der Waals surface area contributed by atoms with Gasteiger partial charge in [-0.1, -0.05) is 140 Å². The molecule has 0 atom stereocenters. The van der Waals surface area contributed by atoms with E-state index in [-0.39, 0.29) is 0 Å². The van der Waals surface area contributed by atoms with E-state index in [0.29, 0.717) is 0 Å². The maximum Gasteiger partial charge on any atom is 0.0722 e. The van der Waals surface area contributed by atoms with Crippen molar-refractivity contribution in [2.75, 3.05) is 0 Å². The Hall–Kier alpha value is -6.09. The van der Waals surface area contributed by atoms with Crippen molar-refractivity contribution in [1.82, 2.24) is 4.98 Å². The van der Waals surface area contributed by atoms with Crippen LogP contribution in [0.5, 0.6) is 0 Å². The van der Waals surface area contributed by atoms with E-state index in [1.165, 1.54) is 69.2 Å². The summed E-state index contributed by atoms with van der Waals surface area (Å²) in [5, 5.41) is 10.1. The highest BCUT2D eigenvalue weighted by molar-refractivity contribution is 7.25. The fraction of sp³-hybridized carbons (Fsp3) is 0. The Morgan fingerprint density at radius 2 is 0.878 bits per heavy atom. The van der Waals surface area contributed by atoms with E-state index in [4.69, 9.17) is 4.98 Å². The minimum absolute atomic E-state index is 0.970. The van der Waals surface area contributed by atoms with E-state index in [0.717, 1.165) is 28.1 Å². The molecule has 0 fully saturated rings. The third-order valence-corrected chi connectivity index (χ3v) is 11.0. The monoisotopic (exact) mass is 639 g/mol. The van der Waals surface area contributed by atoms with Crippen molar-refractivity contribution in [3.63, 3.8) is 0 Å². The van der Waals surface area contributed by atoms with Gasteiger partial charge < -0.3 is 0 Å². The number of rotatable bonds is 4. The zero-order valence-electron chi connectivity index (χ0n) is 26.6. The van der Waals surface area contributed by atoms with Gasteiger partial charge in [0.2, 0.25) is 0 Å². The lowest BCUT2D eigenvalue weighted by Crippen LogP contribution is -1.93. The molecule has 0 aliphatic heterocycles. The topological polar surface area (TPSA) is 12.9 Å². The van der Waals surface area contributed by atoms with Crippen molar-refractivity contribution in [3.8, 4) is 44.8 Å². The molecule has 2 heterocycles. The summed E-state index contributed by atoms with van der Waals surface area (Å²) < 4.78 is 2.66. The van der Waals surface area contributed by atoms with E-state index in [9.17, 15) is 0 Å². The average Bonchev–Trinajstić information content (AvgIpc) is 3.56. The molecule has 228 valence electrons. The molecule has 10 aromatic rings. The Morgan fingerprint density at radius 3 is 1.67 bits per heavy atom. The van der Waals surface area contributed by atoms with Crippen molar-refractivity contribution in [3.05, 3.63) is 176 Å². The van der Waals surface area contributed by atoms with Crippen molar-refractivity contribution in [2.45, 2.75) is 0 Å². The zero-order valence-corrected chi connectivity index (χ0v) is 27.4. The Balaban J connectivity index is 1.24. The maximum absolute atomic E-state index is 5.35. The predicted molar refractivity (Wildman–Crippen MR) is 211 cm³/mol. The van der Waals surface area contributed by atoms with Crippen LogP contribution in [0, 0.1) is 0 Å². The van der Waals surface area contributed by atoms with Crippen LogP contribution in [0.2, 0.25) is 0 Å². The highest BCUT2D eigenvalue weighted by atomic mass is 32.1. The number of benzene rings is 8. The Labute approximate surface area is 288 Å². The molecule has 0 amide bonds. The lowest BCUT2D eigenvalue weighted by molar-refractivity contribution is 1.33. The van der Waals surface area contributed by atoms with Crippen LogP contribution < -0.4 is 0 Å². The van der Waals surface area contributed by atoms with Gasteiger partial charge in [-0.15, -0.1) is 11.3 Å². The van der Waals surface area contributed by atoms with E-state index in [2.05, 4.69) is 176 Å². The van der Waals surface area contributed by atoms with Gasteiger partial charge in [0, 0.05) is 31.3 Å². The molecule has 0 aliphatic rings. The number of fused-ring (bicyclic) bond motifs is 9. The summed E-state index contributed by atoms with van der Waals surface area (Å²) >= 11 is 1.86. The Morgan fingerprint density at radius 1 is 0.306 bits per heavy atom. The predicted octanol–water partition coefficient (Wildman–Crippen LogP) is 13.6. The van der Waals surface area contributed by atoms with Gasteiger partial charge in [0.25, 0.3) is 0 Å². The molecule has 0 N–H and O–H groups in total. The summed E-state index contributed by atoms with van der Waals surface area (Å²) in [4.78, 5) is 5.35. The van der Waals surface area contributed by atoms with E-state index in [1.807, 2.05) is 11.3 Å². The first kappa shape index (κ1) is 28.0. The number of hydrogen-bond acceptors (Lipinski definition) is 2. The second-order valence-electron chi connectivity index (χ2n) is 12.7. The summed E-state index contributed by atoms with van der Waals surface area (Å²) in [6, 6.07) is 63.8. The normalized spacial score (nSPS) is 11.7. The fourth-order valence-electron chi connectivity index (χ4n) is 7.53. The minimum Gasteiger partial charge on any atom is -0.248 e. The van der Waals surface area contributed by atoms with Crippen molar-refractivity contribution >= 4 is 63.8 Å². The van der Waals surface area contributed by atoms with Gasteiger partial charge in [0.1, 0.15) is 0 Å². The molecule has 2 aromatic heterocycles. The third kappa shape index (κ3) is 4.64. The smallest absolute Gasteiger partial charge is 0.0722 e. The molecule has 0 spiro atoms. The van der Waals surface area contributed by atoms with Gasteiger partial charge in [-0.05, 0) is 91.0 Å². The van der Waals surface area contributed by atoms with Crippen LogP contribution in [0.4, 0.5) is 0 Å². The summed E-state index contributed by atoms with van der Waals surface area (Å²) in [6.07, 6.45) is 0. The quantitative estimate of drug-likeness (QED) is 0.175. The van der Waals surface area contributed by atoms with Crippen LogP contribution >= 0.6 is 11.3 Å². The van der Waals surface area contributed by atoms with Gasteiger partial charge >= 0.3 is 0 Å². The highest BCUT2D eigenvalue weighted by Gasteiger charge is 2.17. The molecule has 0 aliphatic carbocycles. The summed E-state index contributed by atoms with van der Waals surface area (Å²) in [7, 11) is 0. The standard InChI is InChI=1S/C47H29NS/c1-3-12-30(13-4-1)34-28-43(31-14-5-2-6-15-31)48-44(29-34)40-20-11-19-38-35-16-7-8-17-36(35)41-26-32(22-24-39(41)47(38)40)33-23-25-46-42(27-33)37-18-9-10-21-45(37)49-46/h1-29H. The summed E-state index contributed by atoms with van der Waals surface area (Å²) in [6.45, 7) is 0. The SMILES string of the molecule is c1ccc(-c2cc(-c3ccccc3)nc(-c3cccc4c5ccccc5c5cc(-c6ccc7sc8ccccc8c7c6)ccc5c34)c2)cc1. The second kappa shape index (κ2) is 11.3. The maximum atomic E-state index is 5.35. The first-order chi connectivity index (χ1) is 24.3. The molecule has 8 aromatic carbocycles. The molecule has 2 heteroatoms. The van der Waals surface area contributed by atoms with E-state index in [1.54, 1.807) is 0 Å². The van der Waals surface area contributed by atoms with Crippen LogP contribution in [-0.4, -0.2) is 4.98 Å². The zero-order chi connectivity index (χ0) is 32.3. The third-order valence-electron chi connectivity index (χ3n) is 9.85. The molecular formula is C47H29NS. The molecule has 0 saturated carbocycles. The van der Waals surface area contributed by atoms with Crippen molar-refractivity contribution in [1.29, 1.82) is 0 Å². The van der Waals surface area contributed by atoms with Crippen molar-refractivity contribution in [2.24, 2.45) is 0 Å². The van der Waals surface area contributed by atoms with Crippen LogP contribution in [0.3, 0.4) is 0 Å². The molecule has 0 unspecified atom stereocenters. The number of thiophene rings is 1. The number of pyridine rings is 1. The molecule has 1 nitrogen and oxygen atoms in total. The number of aromatic nitrogens is 1. The van der Waals surface area contributed by atoms with Crippen LogP contribution in [-0.2, 0) is 0 Å². The average molecular weight is 640 g/mol. The van der Waals surface area contributed by atoms with Crippen molar-refractivity contribution < 1.29 is 0 Å². The summed E-state index contributed by atoms with van der Waals surface area (Å²) in [5.74, 6) is 0. The van der Waals surface area contributed by atoms with Gasteiger partial charge in [-0.25, -0.2) is 4.98 Å². The number of hydrogen-bond donors (Lipinski definition) is 0. The second-order valence-corrected chi connectivity index (χ2v) is 13.8. The number of nitrogens with zero attached hydrogens (tertiary/aromatic N) is 1. The van der Waals surface area contributed by atoms with Gasteiger partial charge in [-0.2, -0.15) is 0 Å². The minimum atomic E-state index is 0.970. The van der Waals surface area contributed by atoms with Crippen LogP contribution in [0.15, 0.2) is 176 Å². The van der Waals surface area contributed by atoms with Gasteiger partial charge in [0.15, 0.2) is 0 Å². The molecule has 49 heavy (non-hydrogen) atoms. The molecule has 0 bridgehead atoms. The van der Waals surface area contributed by atoms with Gasteiger partial charge in [-0.3, -0.25) is 0 Å². The molecule has 0 saturated heterocycles. The first-order valence-corrected chi connectivity index (χ1v) is 17.5. The first-order valence-electron chi connectivity index (χ1n) is 16.7. The van der Waals surface area contributed by atoms with Crippen LogP contribution in [0.25, 0.3) is 97.3 Å². The Kier molecular flexibility index (Phi) is 6.43. The molecule has 0 radical (unpaired) electrons. The lowest BCUT2D eigenvalue weighted by atomic mass is 9.88. The van der Waals surface area contributed by atoms with Gasteiger partial charge in [0.05, 0.1) is 11.4 Å². The fourth-order valence-corrected chi connectivity index (χ4v) is 8.61.